The molecule has 2 rings (SSSR count). The first kappa shape index (κ1) is 14.4. The van der Waals surface area contributed by atoms with E-state index in [0.717, 1.165) is 29.0 Å². The van der Waals surface area contributed by atoms with Crippen molar-refractivity contribution >= 4 is 0 Å². The Morgan fingerprint density at radius 2 is 1.25 bits per heavy atom. The van der Waals surface area contributed by atoms with Gasteiger partial charge >= 0.3 is 6.18 Å². The van der Waals surface area contributed by atoms with E-state index in [2.05, 4.69) is 0 Å². The molecule has 0 heterocycles. The molecule has 0 fully saturated rings. The normalized spacial score (nSPS) is 11.7. The minimum Gasteiger partial charge on any atom is -0.491 e. The fourth-order valence-corrected chi connectivity index (χ4v) is 1.85. The van der Waals surface area contributed by atoms with Gasteiger partial charge in [-0.3, -0.25) is 0 Å². The number of halogens is 3. The van der Waals surface area contributed by atoms with Crippen molar-refractivity contribution in [3.8, 4) is 16.9 Å². The van der Waals surface area contributed by atoms with Gasteiger partial charge in [0.1, 0.15) is 5.75 Å². The summed E-state index contributed by atoms with van der Waals surface area (Å²) in [6.45, 7) is 3.87. The topological polar surface area (TPSA) is 9.23 Å². The Labute approximate surface area is 116 Å². The number of hydrogen-bond donors (Lipinski definition) is 0. The molecule has 0 spiro atoms. The molecule has 4 heteroatoms. The number of hydrogen-bond acceptors (Lipinski definition) is 1. The highest BCUT2D eigenvalue weighted by molar-refractivity contribution is 5.64. The van der Waals surface area contributed by atoms with Crippen molar-refractivity contribution in [1.29, 1.82) is 0 Å². The van der Waals surface area contributed by atoms with Gasteiger partial charge in [-0.15, -0.1) is 0 Å². The second-order valence-electron chi connectivity index (χ2n) is 4.77. The lowest BCUT2D eigenvalue weighted by Gasteiger charge is -2.11. The third-order valence-corrected chi connectivity index (χ3v) is 2.77. The zero-order chi connectivity index (χ0) is 14.8. The maximum Gasteiger partial charge on any atom is 0.416 e. The molecule has 0 saturated heterocycles. The minimum absolute atomic E-state index is 0.0897. The van der Waals surface area contributed by atoms with Crippen molar-refractivity contribution in [1.82, 2.24) is 0 Å². The van der Waals surface area contributed by atoms with Gasteiger partial charge in [-0.05, 0) is 49.2 Å². The van der Waals surface area contributed by atoms with Crippen molar-refractivity contribution < 1.29 is 17.9 Å². The predicted octanol–water partition coefficient (Wildman–Crippen LogP) is 5.16. The SMILES string of the molecule is CC(C)Oc1ccc(-c2ccc(C(F)(F)F)cc2)cc1. The Morgan fingerprint density at radius 1 is 0.800 bits per heavy atom. The first-order valence-electron chi connectivity index (χ1n) is 6.30. The largest absolute Gasteiger partial charge is 0.491 e. The van der Waals surface area contributed by atoms with Crippen LogP contribution in [0.5, 0.6) is 5.75 Å². The molecule has 0 bridgehead atoms. The molecule has 0 saturated carbocycles. The van der Waals surface area contributed by atoms with Crippen LogP contribution in [0.3, 0.4) is 0 Å². The van der Waals surface area contributed by atoms with Gasteiger partial charge in [0, 0.05) is 0 Å². The van der Waals surface area contributed by atoms with Crippen molar-refractivity contribution in [2.45, 2.75) is 26.1 Å². The molecule has 0 N–H and O–H groups in total. The van der Waals surface area contributed by atoms with E-state index in [1.807, 2.05) is 38.1 Å². The summed E-state index contributed by atoms with van der Waals surface area (Å²) in [5.41, 5.74) is 0.963. The van der Waals surface area contributed by atoms with Gasteiger partial charge in [0.15, 0.2) is 0 Å². The Hall–Kier alpha value is -1.97. The summed E-state index contributed by atoms with van der Waals surface area (Å²) in [4.78, 5) is 0. The first-order chi connectivity index (χ1) is 9.36. The van der Waals surface area contributed by atoms with Gasteiger partial charge < -0.3 is 4.74 Å². The summed E-state index contributed by atoms with van der Waals surface area (Å²) in [6, 6.07) is 12.4. The van der Waals surface area contributed by atoms with Crippen LogP contribution in [0.1, 0.15) is 19.4 Å². The van der Waals surface area contributed by atoms with E-state index in [-0.39, 0.29) is 6.10 Å². The van der Waals surface area contributed by atoms with Crippen molar-refractivity contribution in [2.75, 3.05) is 0 Å². The van der Waals surface area contributed by atoms with E-state index in [1.165, 1.54) is 12.1 Å². The van der Waals surface area contributed by atoms with E-state index in [9.17, 15) is 13.2 Å². The fourth-order valence-electron chi connectivity index (χ4n) is 1.85. The fraction of sp³-hybridized carbons (Fsp3) is 0.250. The van der Waals surface area contributed by atoms with E-state index >= 15 is 0 Å². The van der Waals surface area contributed by atoms with Gasteiger partial charge in [-0.1, -0.05) is 24.3 Å². The molecule has 0 aliphatic heterocycles. The Balaban J connectivity index is 2.19. The second kappa shape index (κ2) is 5.57. The summed E-state index contributed by atoms with van der Waals surface area (Å²) < 4.78 is 43.0. The minimum atomic E-state index is -4.30. The lowest BCUT2D eigenvalue weighted by Crippen LogP contribution is -2.05. The summed E-state index contributed by atoms with van der Waals surface area (Å²) in [6.07, 6.45) is -4.21. The molecule has 0 aromatic heterocycles. The second-order valence-corrected chi connectivity index (χ2v) is 4.77. The summed E-state index contributed by atoms with van der Waals surface area (Å²) in [5, 5.41) is 0. The van der Waals surface area contributed by atoms with Crippen LogP contribution >= 0.6 is 0 Å². The maximum atomic E-state index is 12.5. The van der Waals surface area contributed by atoms with Gasteiger partial charge in [0.05, 0.1) is 11.7 Å². The number of ether oxygens (including phenoxy) is 1. The molecule has 2 aromatic rings. The maximum absolute atomic E-state index is 12.5. The summed E-state index contributed by atoms with van der Waals surface area (Å²) in [5.74, 6) is 0.746. The van der Waals surface area contributed by atoms with Crippen LogP contribution in [0.25, 0.3) is 11.1 Å². The summed E-state index contributed by atoms with van der Waals surface area (Å²) >= 11 is 0. The predicted molar refractivity (Wildman–Crippen MR) is 72.6 cm³/mol. The number of alkyl halides is 3. The van der Waals surface area contributed by atoms with E-state index in [0.29, 0.717) is 0 Å². The average molecular weight is 280 g/mol. The van der Waals surface area contributed by atoms with E-state index < -0.39 is 11.7 Å². The van der Waals surface area contributed by atoms with Crippen molar-refractivity contribution in [3.63, 3.8) is 0 Å². The van der Waals surface area contributed by atoms with Crippen molar-refractivity contribution in [2.24, 2.45) is 0 Å². The lowest BCUT2D eigenvalue weighted by atomic mass is 10.0. The average Bonchev–Trinajstić information content (AvgIpc) is 2.38. The van der Waals surface area contributed by atoms with Crippen LogP contribution in [0.2, 0.25) is 0 Å². The zero-order valence-electron chi connectivity index (χ0n) is 11.2. The molecule has 1 nitrogen and oxygen atoms in total. The van der Waals surface area contributed by atoms with Gasteiger partial charge in [0.25, 0.3) is 0 Å². The molecule has 20 heavy (non-hydrogen) atoms. The van der Waals surface area contributed by atoms with Crippen LogP contribution in [0, 0.1) is 0 Å². The number of benzene rings is 2. The third-order valence-electron chi connectivity index (χ3n) is 2.77. The van der Waals surface area contributed by atoms with Gasteiger partial charge in [-0.2, -0.15) is 13.2 Å². The van der Waals surface area contributed by atoms with E-state index in [4.69, 9.17) is 4.74 Å². The standard InChI is InChI=1S/C16H15F3O/c1-11(2)20-15-9-5-13(6-10-15)12-3-7-14(8-4-12)16(17,18)19/h3-11H,1-2H3. The highest BCUT2D eigenvalue weighted by Gasteiger charge is 2.29. The molecule has 0 aliphatic rings. The molecule has 0 unspecified atom stereocenters. The van der Waals surface area contributed by atoms with Gasteiger partial charge in [0.2, 0.25) is 0 Å². The van der Waals surface area contributed by atoms with E-state index in [1.54, 1.807) is 0 Å². The van der Waals surface area contributed by atoms with Crippen LogP contribution in [-0.2, 0) is 6.18 Å². The Kier molecular flexibility index (Phi) is 4.02. The van der Waals surface area contributed by atoms with Crippen LogP contribution < -0.4 is 4.74 Å². The lowest BCUT2D eigenvalue weighted by molar-refractivity contribution is -0.137. The molecule has 0 aliphatic carbocycles. The molecular weight excluding hydrogens is 265 g/mol. The molecular formula is C16H15F3O. The monoisotopic (exact) mass is 280 g/mol. The molecule has 0 atom stereocenters. The third kappa shape index (κ3) is 3.53. The Morgan fingerprint density at radius 3 is 1.65 bits per heavy atom. The van der Waals surface area contributed by atoms with Crippen LogP contribution in [0.15, 0.2) is 48.5 Å². The molecule has 0 radical (unpaired) electrons. The van der Waals surface area contributed by atoms with Crippen LogP contribution in [0.4, 0.5) is 13.2 Å². The molecule has 2 aromatic carbocycles. The highest BCUT2D eigenvalue weighted by atomic mass is 19.4. The highest BCUT2D eigenvalue weighted by Crippen LogP contribution is 2.31. The Bertz CT molecular complexity index is 554. The first-order valence-corrected chi connectivity index (χ1v) is 6.30. The van der Waals surface area contributed by atoms with Crippen molar-refractivity contribution in [3.05, 3.63) is 54.1 Å². The number of rotatable bonds is 3. The quantitative estimate of drug-likeness (QED) is 0.754. The van der Waals surface area contributed by atoms with Gasteiger partial charge in [-0.25, -0.2) is 0 Å². The van der Waals surface area contributed by atoms with Crippen LogP contribution in [-0.4, -0.2) is 6.10 Å². The molecule has 0 amide bonds. The summed E-state index contributed by atoms with van der Waals surface area (Å²) in [7, 11) is 0. The smallest absolute Gasteiger partial charge is 0.416 e. The molecule has 106 valence electrons. The zero-order valence-corrected chi connectivity index (χ0v) is 11.2.